The van der Waals surface area contributed by atoms with Crippen LogP contribution in [0.4, 0.5) is 5.69 Å². The Morgan fingerprint density at radius 3 is 2.79 bits per heavy atom. The molecule has 1 aliphatic heterocycles. The number of aryl methyl sites for hydroxylation is 1. The van der Waals surface area contributed by atoms with Crippen molar-refractivity contribution >= 4 is 11.2 Å². The van der Waals surface area contributed by atoms with Crippen molar-refractivity contribution in [2.75, 3.05) is 31.1 Å². The van der Waals surface area contributed by atoms with Crippen molar-refractivity contribution in [3.05, 3.63) is 47.9 Å². The van der Waals surface area contributed by atoms with Crippen LogP contribution in [0.15, 0.2) is 36.8 Å². The zero-order valence-corrected chi connectivity index (χ0v) is 13.9. The third kappa shape index (κ3) is 2.64. The third-order valence-corrected chi connectivity index (χ3v) is 4.71. The lowest BCUT2D eigenvalue weighted by atomic mass is 10.0. The number of nitrogens with one attached hydrogen (secondary N) is 1. The fraction of sp³-hybridized carbons (Fsp3) is 0.333. The highest BCUT2D eigenvalue weighted by Crippen LogP contribution is 2.28. The van der Waals surface area contributed by atoms with Gasteiger partial charge in [0.05, 0.1) is 23.1 Å². The van der Waals surface area contributed by atoms with Gasteiger partial charge in [-0.15, -0.1) is 0 Å². The summed E-state index contributed by atoms with van der Waals surface area (Å²) >= 11 is 0. The number of hydrogen-bond donors (Lipinski definition) is 2. The van der Waals surface area contributed by atoms with Crippen molar-refractivity contribution < 1.29 is 0 Å². The first kappa shape index (κ1) is 15.1. The van der Waals surface area contributed by atoms with E-state index in [2.05, 4.69) is 57.7 Å². The van der Waals surface area contributed by atoms with Crippen molar-refractivity contribution in [2.45, 2.75) is 13.5 Å². The van der Waals surface area contributed by atoms with Gasteiger partial charge in [0.1, 0.15) is 6.33 Å². The Labute approximate surface area is 141 Å². The van der Waals surface area contributed by atoms with Gasteiger partial charge in [-0.2, -0.15) is 5.10 Å². The fourth-order valence-corrected chi connectivity index (χ4v) is 3.31. The van der Waals surface area contributed by atoms with E-state index in [4.69, 9.17) is 5.73 Å². The Balaban J connectivity index is 1.78. The maximum atomic E-state index is 5.78. The number of benzene rings is 1. The van der Waals surface area contributed by atoms with Crippen LogP contribution in [-0.4, -0.2) is 40.8 Å². The summed E-state index contributed by atoms with van der Waals surface area (Å²) in [6.07, 6.45) is 3.71. The second kappa shape index (κ2) is 6.22. The molecule has 1 aliphatic rings. The predicted octanol–water partition coefficient (Wildman–Crippen LogP) is 1.57. The molecule has 4 rings (SSSR count). The van der Waals surface area contributed by atoms with Crippen LogP contribution in [-0.2, 0) is 6.54 Å². The van der Waals surface area contributed by atoms with Crippen LogP contribution >= 0.6 is 0 Å². The molecule has 124 valence electrons. The molecule has 0 atom stereocenters. The minimum Gasteiger partial charge on any atom is -0.368 e. The first-order valence-electron chi connectivity index (χ1n) is 8.35. The molecule has 0 unspecified atom stereocenters. The van der Waals surface area contributed by atoms with Crippen LogP contribution in [0.5, 0.6) is 0 Å². The summed E-state index contributed by atoms with van der Waals surface area (Å²) in [5, 5.41) is 7.77. The maximum Gasteiger partial charge on any atom is 0.137 e. The Bertz CT molecular complexity index is 863. The summed E-state index contributed by atoms with van der Waals surface area (Å²) in [5.41, 5.74) is 12.4. The highest BCUT2D eigenvalue weighted by Gasteiger charge is 2.15. The first-order valence-corrected chi connectivity index (χ1v) is 8.35. The summed E-state index contributed by atoms with van der Waals surface area (Å²) < 4.78 is 1.92. The molecule has 1 fully saturated rings. The van der Waals surface area contributed by atoms with Gasteiger partial charge in [-0.3, -0.25) is 0 Å². The SMILES string of the molecule is Cc1cc(-c2ncnn3cc(N4CCNCC4)cc23)ccc1CN. The number of hydrogen-bond acceptors (Lipinski definition) is 5. The molecular weight excluding hydrogens is 300 g/mol. The average molecular weight is 322 g/mol. The lowest BCUT2D eigenvalue weighted by Crippen LogP contribution is -2.43. The van der Waals surface area contributed by atoms with Crippen molar-refractivity contribution in [3.8, 4) is 11.3 Å². The van der Waals surface area contributed by atoms with Crippen LogP contribution in [0.2, 0.25) is 0 Å². The second-order valence-corrected chi connectivity index (χ2v) is 6.22. The predicted molar refractivity (Wildman–Crippen MR) is 96.1 cm³/mol. The zero-order chi connectivity index (χ0) is 16.5. The number of anilines is 1. The Morgan fingerprint density at radius 1 is 1.21 bits per heavy atom. The van der Waals surface area contributed by atoms with E-state index in [0.717, 1.165) is 43.0 Å². The van der Waals surface area contributed by atoms with Gasteiger partial charge in [0, 0.05) is 38.3 Å². The quantitative estimate of drug-likeness (QED) is 0.766. The molecule has 0 saturated carbocycles. The van der Waals surface area contributed by atoms with E-state index in [1.165, 1.54) is 16.8 Å². The van der Waals surface area contributed by atoms with Crippen molar-refractivity contribution in [2.24, 2.45) is 5.73 Å². The van der Waals surface area contributed by atoms with E-state index in [9.17, 15) is 0 Å². The van der Waals surface area contributed by atoms with Gasteiger partial charge >= 0.3 is 0 Å². The number of rotatable bonds is 3. The van der Waals surface area contributed by atoms with Gasteiger partial charge in [-0.1, -0.05) is 12.1 Å². The summed E-state index contributed by atoms with van der Waals surface area (Å²) in [6, 6.07) is 8.52. The van der Waals surface area contributed by atoms with Gasteiger partial charge in [-0.25, -0.2) is 9.50 Å². The van der Waals surface area contributed by atoms with Gasteiger partial charge in [0.2, 0.25) is 0 Å². The Hall–Kier alpha value is -2.44. The van der Waals surface area contributed by atoms with Crippen LogP contribution in [0.25, 0.3) is 16.8 Å². The standard InChI is InChI=1S/C18H22N6/c1-13-8-14(2-3-15(13)10-19)18-17-9-16(11-24(17)22-12-21-18)23-6-4-20-5-7-23/h2-3,8-9,11-12,20H,4-7,10,19H2,1H3. The molecule has 24 heavy (non-hydrogen) atoms. The molecule has 6 nitrogen and oxygen atoms in total. The zero-order valence-electron chi connectivity index (χ0n) is 13.9. The number of nitrogens with zero attached hydrogens (tertiary/aromatic N) is 4. The van der Waals surface area contributed by atoms with Crippen molar-refractivity contribution in [1.82, 2.24) is 19.9 Å². The topological polar surface area (TPSA) is 71.5 Å². The van der Waals surface area contributed by atoms with E-state index >= 15 is 0 Å². The summed E-state index contributed by atoms with van der Waals surface area (Å²) in [4.78, 5) is 6.92. The van der Waals surface area contributed by atoms with Crippen molar-refractivity contribution in [1.29, 1.82) is 0 Å². The van der Waals surface area contributed by atoms with Gasteiger partial charge < -0.3 is 16.0 Å². The van der Waals surface area contributed by atoms with E-state index in [0.29, 0.717) is 6.54 Å². The molecule has 0 amide bonds. The van der Waals surface area contributed by atoms with Gasteiger partial charge in [0.15, 0.2) is 0 Å². The molecule has 1 aromatic carbocycles. The second-order valence-electron chi connectivity index (χ2n) is 6.22. The molecular formula is C18H22N6. The number of fused-ring (bicyclic) bond motifs is 1. The molecule has 0 radical (unpaired) electrons. The van der Waals surface area contributed by atoms with E-state index in [1.807, 2.05) is 4.52 Å². The molecule has 0 spiro atoms. The highest BCUT2D eigenvalue weighted by atomic mass is 15.3. The molecule has 2 aromatic heterocycles. The molecule has 0 bridgehead atoms. The van der Waals surface area contributed by atoms with Gasteiger partial charge in [-0.05, 0) is 30.2 Å². The van der Waals surface area contributed by atoms with E-state index in [-0.39, 0.29) is 0 Å². The van der Waals surface area contributed by atoms with Crippen LogP contribution < -0.4 is 16.0 Å². The van der Waals surface area contributed by atoms with Crippen LogP contribution in [0, 0.1) is 6.92 Å². The number of aromatic nitrogens is 3. The summed E-state index contributed by atoms with van der Waals surface area (Å²) in [7, 11) is 0. The largest absolute Gasteiger partial charge is 0.368 e. The smallest absolute Gasteiger partial charge is 0.137 e. The minimum atomic E-state index is 0.559. The summed E-state index contributed by atoms with van der Waals surface area (Å²) in [5.74, 6) is 0. The molecule has 0 aliphatic carbocycles. The normalized spacial score (nSPS) is 15.2. The number of nitrogens with two attached hydrogens (primary N) is 1. The van der Waals surface area contributed by atoms with Crippen LogP contribution in [0.1, 0.15) is 11.1 Å². The molecule has 1 saturated heterocycles. The fourth-order valence-electron chi connectivity index (χ4n) is 3.31. The first-order chi connectivity index (χ1) is 11.8. The van der Waals surface area contributed by atoms with Crippen molar-refractivity contribution in [3.63, 3.8) is 0 Å². The molecule has 3 aromatic rings. The third-order valence-electron chi connectivity index (χ3n) is 4.71. The van der Waals surface area contributed by atoms with Gasteiger partial charge in [0.25, 0.3) is 0 Å². The maximum absolute atomic E-state index is 5.78. The lowest BCUT2D eigenvalue weighted by Gasteiger charge is -2.28. The molecule has 3 heterocycles. The minimum absolute atomic E-state index is 0.559. The van der Waals surface area contributed by atoms with E-state index in [1.54, 1.807) is 6.33 Å². The molecule has 6 heteroatoms. The molecule has 3 N–H and O–H groups in total. The van der Waals surface area contributed by atoms with E-state index < -0.39 is 0 Å². The Kier molecular flexibility index (Phi) is 3.92. The summed E-state index contributed by atoms with van der Waals surface area (Å²) in [6.45, 7) is 6.72. The monoisotopic (exact) mass is 322 g/mol. The lowest BCUT2D eigenvalue weighted by molar-refractivity contribution is 0.589. The highest BCUT2D eigenvalue weighted by molar-refractivity contribution is 5.80. The Morgan fingerprint density at radius 2 is 2.04 bits per heavy atom. The average Bonchev–Trinajstić information content (AvgIpc) is 3.06. The van der Waals surface area contributed by atoms with Crippen LogP contribution in [0.3, 0.4) is 0 Å². The number of piperazine rings is 1.